The first-order valence-electron chi connectivity index (χ1n) is 2.37. The molecule has 0 saturated carbocycles. The van der Waals surface area contributed by atoms with Crippen LogP contribution in [0.4, 0.5) is 0 Å². The molecule has 0 aliphatic heterocycles. The van der Waals surface area contributed by atoms with Crippen molar-refractivity contribution in [1.29, 1.82) is 0 Å². The lowest BCUT2D eigenvalue weighted by Crippen LogP contribution is -1.95. The van der Waals surface area contributed by atoms with Crippen molar-refractivity contribution in [2.45, 2.75) is 13.3 Å². The van der Waals surface area contributed by atoms with Crippen LogP contribution in [0.3, 0.4) is 0 Å². The Bertz CT molecular complexity index is 127. The van der Waals surface area contributed by atoms with Gasteiger partial charge in [0.25, 0.3) is 0 Å². The largest absolute Gasteiger partial charge is 0.396 e. The van der Waals surface area contributed by atoms with Crippen molar-refractivity contribution in [2.75, 3.05) is 6.61 Å². The summed E-state index contributed by atoms with van der Waals surface area (Å²) in [6.07, 6.45) is 0.154. The maximum atomic E-state index is 10.3. The number of ketones is 1. The number of rotatable bonds is 2. The first-order valence-corrected chi connectivity index (χ1v) is 2.37. The SMILES string of the molecule is CC#CC(=O)CCO. The average molecular weight is 112 g/mol. The van der Waals surface area contributed by atoms with Crippen LogP contribution in [0.2, 0.25) is 0 Å². The molecule has 0 radical (unpaired) electrons. The van der Waals surface area contributed by atoms with E-state index in [0.717, 1.165) is 0 Å². The summed E-state index contributed by atoms with van der Waals surface area (Å²) < 4.78 is 0. The molecule has 0 saturated heterocycles. The van der Waals surface area contributed by atoms with Crippen LogP contribution in [0.1, 0.15) is 13.3 Å². The van der Waals surface area contributed by atoms with Crippen LogP contribution in [-0.4, -0.2) is 17.5 Å². The zero-order valence-corrected chi connectivity index (χ0v) is 4.77. The zero-order valence-electron chi connectivity index (χ0n) is 4.77. The Kier molecular flexibility index (Phi) is 3.91. The van der Waals surface area contributed by atoms with E-state index >= 15 is 0 Å². The number of hydrogen-bond donors (Lipinski definition) is 1. The molecule has 0 aliphatic carbocycles. The molecular weight excluding hydrogens is 104 g/mol. The predicted octanol–water partition coefficient (Wildman–Crippen LogP) is -0.0388. The molecule has 44 valence electrons. The minimum atomic E-state index is -0.199. The number of carbonyl (C=O) groups excluding carboxylic acids is 1. The minimum absolute atomic E-state index is 0.104. The Morgan fingerprint density at radius 3 is 2.75 bits per heavy atom. The Morgan fingerprint density at radius 1 is 1.75 bits per heavy atom. The lowest BCUT2D eigenvalue weighted by atomic mass is 10.3. The van der Waals surface area contributed by atoms with Gasteiger partial charge in [0.1, 0.15) is 0 Å². The zero-order chi connectivity index (χ0) is 6.41. The number of aliphatic hydroxyl groups is 1. The Morgan fingerprint density at radius 2 is 2.38 bits per heavy atom. The highest BCUT2D eigenvalue weighted by Gasteiger charge is 1.90. The van der Waals surface area contributed by atoms with E-state index in [1.807, 2.05) is 0 Å². The highest BCUT2D eigenvalue weighted by atomic mass is 16.3. The molecule has 0 aromatic carbocycles. The highest BCUT2D eigenvalue weighted by Crippen LogP contribution is 1.76. The lowest BCUT2D eigenvalue weighted by molar-refractivity contribution is -0.114. The fraction of sp³-hybridized carbons (Fsp3) is 0.500. The Labute approximate surface area is 48.5 Å². The van der Waals surface area contributed by atoms with Crippen LogP contribution >= 0.6 is 0 Å². The molecule has 0 fully saturated rings. The van der Waals surface area contributed by atoms with Gasteiger partial charge in [-0.2, -0.15) is 0 Å². The van der Waals surface area contributed by atoms with E-state index in [9.17, 15) is 4.79 Å². The van der Waals surface area contributed by atoms with Crippen molar-refractivity contribution in [1.82, 2.24) is 0 Å². The molecule has 2 heteroatoms. The molecule has 0 heterocycles. The minimum Gasteiger partial charge on any atom is -0.396 e. The smallest absolute Gasteiger partial charge is 0.207 e. The number of carbonyl (C=O) groups is 1. The summed E-state index contributed by atoms with van der Waals surface area (Å²) in [4.78, 5) is 10.3. The van der Waals surface area contributed by atoms with Crippen molar-refractivity contribution in [3.8, 4) is 11.8 Å². The van der Waals surface area contributed by atoms with Crippen LogP contribution in [0.5, 0.6) is 0 Å². The van der Waals surface area contributed by atoms with Gasteiger partial charge >= 0.3 is 0 Å². The van der Waals surface area contributed by atoms with E-state index < -0.39 is 0 Å². The molecule has 8 heavy (non-hydrogen) atoms. The fourth-order valence-electron chi connectivity index (χ4n) is 0.303. The summed E-state index contributed by atoms with van der Waals surface area (Å²) in [5.74, 6) is 4.54. The normalized spacial score (nSPS) is 7.25. The molecule has 0 atom stereocenters. The van der Waals surface area contributed by atoms with Crippen LogP contribution in [0.25, 0.3) is 0 Å². The maximum absolute atomic E-state index is 10.3. The third-order valence-electron chi connectivity index (χ3n) is 0.603. The first-order chi connectivity index (χ1) is 3.81. The van der Waals surface area contributed by atoms with Gasteiger partial charge in [-0.1, -0.05) is 5.92 Å². The van der Waals surface area contributed by atoms with E-state index in [0.29, 0.717) is 0 Å². The molecule has 0 bridgehead atoms. The summed E-state index contributed by atoms with van der Waals surface area (Å²) in [6, 6.07) is 0. The van der Waals surface area contributed by atoms with Crippen LogP contribution in [0, 0.1) is 11.8 Å². The van der Waals surface area contributed by atoms with Gasteiger partial charge in [-0.25, -0.2) is 0 Å². The summed E-state index contributed by atoms with van der Waals surface area (Å²) in [7, 11) is 0. The van der Waals surface area contributed by atoms with Crippen molar-refractivity contribution < 1.29 is 9.90 Å². The second kappa shape index (κ2) is 4.35. The van der Waals surface area contributed by atoms with Crippen LogP contribution < -0.4 is 0 Å². The molecule has 0 aromatic rings. The van der Waals surface area contributed by atoms with Gasteiger partial charge < -0.3 is 5.11 Å². The Hall–Kier alpha value is -0.810. The lowest BCUT2D eigenvalue weighted by Gasteiger charge is -1.81. The topological polar surface area (TPSA) is 37.3 Å². The third-order valence-corrected chi connectivity index (χ3v) is 0.603. The molecule has 0 amide bonds. The summed E-state index contributed by atoms with van der Waals surface area (Å²) in [5.41, 5.74) is 0. The van der Waals surface area contributed by atoms with Gasteiger partial charge in [-0.15, -0.1) is 0 Å². The van der Waals surface area contributed by atoms with Gasteiger partial charge in [-0.3, -0.25) is 4.79 Å². The van der Waals surface area contributed by atoms with Gasteiger partial charge in [0.15, 0.2) is 0 Å². The van der Waals surface area contributed by atoms with E-state index in [1.54, 1.807) is 6.92 Å². The molecule has 0 aromatic heterocycles. The van der Waals surface area contributed by atoms with Crippen molar-refractivity contribution in [2.24, 2.45) is 0 Å². The molecule has 0 unspecified atom stereocenters. The van der Waals surface area contributed by atoms with Crippen molar-refractivity contribution in [3.63, 3.8) is 0 Å². The number of Topliss-reactive ketones (excluding diaryl/α,β-unsaturated/α-hetero) is 1. The Balaban J connectivity index is 3.44. The van der Waals surface area contributed by atoms with E-state index in [4.69, 9.17) is 5.11 Å². The predicted molar refractivity (Wildman–Crippen MR) is 30.2 cm³/mol. The number of hydrogen-bond acceptors (Lipinski definition) is 2. The molecule has 0 rings (SSSR count). The summed E-state index contributed by atoms with van der Waals surface area (Å²) >= 11 is 0. The van der Waals surface area contributed by atoms with Gasteiger partial charge in [0.05, 0.1) is 6.61 Å². The standard InChI is InChI=1S/C6H8O2/c1-2-3-6(8)4-5-7/h7H,4-5H2,1H3. The second-order valence-electron chi connectivity index (χ2n) is 1.27. The van der Waals surface area contributed by atoms with Crippen LogP contribution in [0.15, 0.2) is 0 Å². The average Bonchev–Trinajstić information content (AvgIpc) is 1.68. The van der Waals surface area contributed by atoms with Gasteiger partial charge in [0, 0.05) is 6.42 Å². The molecular formula is C6H8O2. The molecule has 0 aliphatic rings. The summed E-state index contributed by atoms with van der Waals surface area (Å²) in [5, 5.41) is 8.17. The molecule has 1 N–H and O–H groups in total. The maximum Gasteiger partial charge on any atom is 0.207 e. The van der Waals surface area contributed by atoms with Gasteiger partial charge in [0.2, 0.25) is 5.78 Å². The molecule has 0 spiro atoms. The van der Waals surface area contributed by atoms with E-state index in [1.165, 1.54) is 0 Å². The highest BCUT2D eigenvalue weighted by molar-refractivity contribution is 5.95. The number of aliphatic hydroxyl groups excluding tert-OH is 1. The van der Waals surface area contributed by atoms with E-state index in [-0.39, 0.29) is 18.8 Å². The third kappa shape index (κ3) is 3.38. The molecule has 2 nitrogen and oxygen atoms in total. The van der Waals surface area contributed by atoms with Crippen molar-refractivity contribution >= 4 is 5.78 Å². The van der Waals surface area contributed by atoms with Gasteiger partial charge in [-0.05, 0) is 12.8 Å². The summed E-state index contributed by atoms with van der Waals surface area (Å²) in [6.45, 7) is 1.49. The quantitative estimate of drug-likeness (QED) is 0.402. The van der Waals surface area contributed by atoms with E-state index in [2.05, 4.69) is 11.8 Å². The van der Waals surface area contributed by atoms with Crippen molar-refractivity contribution in [3.05, 3.63) is 0 Å². The second-order valence-corrected chi connectivity index (χ2v) is 1.27. The monoisotopic (exact) mass is 112 g/mol. The van der Waals surface area contributed by atoms with Crippen LogP contribution in [-0.2, 0) is 4.79 Å². The fourth-order valence-corrected chi connectivity index (χ4v) is 0.303. The first kappa shape index (κ1) is 7.19.